The SMILES string of the molecule is CCC(C)c1ccc(C(Cl)C2CCC2)cc1. The molecule has 2 atom stereocenters. The van der Waals surface area contributed by atoms with Crippen LogP contribution in [0.1, 0.15) is 62.0 Å². The predicted molar refractivity (Wildman–Crippen MR) is 71.1 cm³/mol. The summed E-state index contributed by atoms with van der Waals surface area (Å²) < 4.78 is 0. The van der Waals surface area contributed by atoms with Gasteiger partial charge in [0.2, 0.25) is 0 Å². The molecule has 88 valence electrons. The Morgan fingerprint density at radius 3 is 2.19 bits per heavy atom. The number of halogens is 1. The summed E-state index contributed by atoms with van der Waals surface area (Å²) in [6, 6.07) is 8.93. The van der Waals surface area contributed by atoms with E-state index in [4.69, 9.17) is 11.6 Å². The topological polar surface area (TPSA) is 0 Å². The maximum absolute atomic E-state index is 6.47. The van der Waals surface area contributed by atoms with Gasteiger partial charge in [0.1, 0.15) is 0 Å². The maximum atomic E-state index is 6.47. The van der Waals surface area contributed by atoms with Crippen molar-refractivity contribution in [2.45, 2.75) is 50.8 Å². The van der Waals surface area contributed by atoms with Gasteiger partial charge in [-0.15, -0.1) is 11.6 Å². The van der Waals surface area contributed by atoms with Crippen molar-refractivity contribution in [1.29, 1.82) is 0 Å². The molecule has 1 saturated carbocycles. The van der Waals surface area contributed by atoms with Gasteiger partial charge in [-0.25, -0.2) is 0 Å². The van der Waals surface area contributed by atoms with Crippen molar-refractivity contribution in [3.63, 3.8) is 0 Å². The van der Waals surface area contributed by atoms with Gasteiger partial charge >= 0.3 is 0 Å². The molecule has 0 amide bonds. The molecule has 1 aromatic carbocycles. The first-order chi connectivity index (χ1) is 7.72. The normalized spacial score (nSPS) is 20.2. The largest absolute Gasteiger partial charge is 0.118 e. The zero-order chi connectivity index (χ0) is 11.5. The fourth-order valence-corrected chi connectivity index (χ4v) is 2.65. The van der Waals surface area contributed by atoms with Crippen LogP contribution >= 0.6 is 11.6 Å². The summed E-state index contributed by atoms with van der Waals surface area (Å²) in [5.41, 5.74) is 2.74. The molecule has 2 unspecified atom stereocenters. The van der Waals surface area contributed by atoms with E-state index in [1.165, 1.54) is 36.8 Å². The second kappa shape index (κ2) is 5.23. The highest BCUT2D eigenvalue weighted by atomic mass is 35.5. The molecule has 1 aliphatic carbocycles. The van der Waals surface area contributed by atoms with Crippen molar-refractivity contribution < 1.29 is 0 Å². The minimum absolute atomic E-state index is 0.236. The van der Waals surface area contributed by atoms with E-state index in [2.05, 4.69) is 38.1 Å². The van der Waals surface area contributed by atoms with E-state index in [0.29, 0.717) is 5.92 Å². The Kier molecular flexibility index (Phi) is 3.91. The van der Waals surface area contributed by atoms with Gasteiger partial charge in [0.05, 0.1) is 5.38 Å². The van der Waals surface area contributed by atoms with E-state index in [1.807, 2.05) is 0 Å². The third-order valence-corrected chi connectivity index (χ3v) is 4.61. The van der Waals surface area contributed by atoms with Crippen LogP contribution in [0.2, 0.25) is 0 Å². The molecule has 0 bridgehead atoms. The van der Waals surface area contributed by atoms with E-state index in [9.17, 15) is 0 Å². The first-order valence-corrected chi connectivity index (χ1v) is 6.90. The van der Waals surface area contributed by atoms with E-state index in [0.717, 1.165) is 5.92 Å². The number of rotatable bonds is 4. The highest BCUT2D eigenvalue weighted by molar-refractivity contribution is 6.21. The standard InChI is InChI=1S/C15H21Cl/c1-3-11(2)12-7-9-14(10-8-12)15(16)13-5-4-6-13/h7-11,13,15H,3-6H2,1-2H3. The number of hydrogen-bond acceptors (Lipinski definition) is 0. The van der Waals surface area contributed by atoms with E-state index >= 15 is 0 Å². The lowest BCUT2D eigenvalue weighted by atomic mass is 9.80. The lowest BCUT2D eigenvalue weighted by Gasteiger charge is -2.30. The van der Waals surface area contributed by atoms with Gasteiger partial charge in [-0.3, -0.25) is 0 Å². The zero-order valence-electron chi connectivity index (χ0n) is 10.2. The highest BCUT2D eigenvalue weighted by Gasteiger charge is 2.26. The Morgan fingerprint density at radius 2 is 1.75 bits per heavy atom. The van der Waals surface area contributed by atoms with Gasteiger partial charge < -0.3 is 0 Å². The van der Waals surface area contributed by atoms with Crippen LogP contribution in [0, 0.1) is 5.92 Å². The van der Waals surface area contributed by atoms with Crippen LogP contribution in [0.25, 0.3) is 0 Å². The maximum Gasteiger partial charge on any atom is 0.0613 e. The number of alkyl halides is 1. The fourth-order valence-electron chi connectivity index (χ4n) is 2.25. The Bertz CT molecular complexity index is 324. The molecule has 0 N–H and O–H groups in total. The van der Waals surface area contributed by atoms with Gasteiger partial charge in [-0.05, 0) is 42.2 Å². The average molecular weight is 237 g/mol. The minimum Gasteiger partial charge on any atom is -0.118 e. The zero-order valence-corrected chi connectivity index (χ0v) is 11.0. The van der Waals surface area contributed by atoms with Crippen LogP contribution < -0.4 is 0 Å². The summed E-state index contributed by atoms with van der Waals surface area (Å²) in [5.74, 6) is 1.38. The fraction of sp³-hybridized carbons (Fsp3) is 0.600. The minimum atomic E-state index is 0.236. The molecule has 0 radical (unpaired) electrons. The molecule has 2 rings (SSSR count). The van der Waals surface area contributed by atoms with Gasteiger partial charge in [0.15, 0.2) is 0 Å². The molecule has 1 aromatic rings. The van der Waals surface area contributed by atoms with Crippen molar-refractivity contribution in [3.05, 3.63) is 35.4 Å². The van der Waals surface area contributed by atoms with Crippen LogP contribution in [-0.4, -0.2) is 0 Å². The van der Waals surface area contributed by atoms with Crippen molar-refractivity contribution in [2.75, 3.05) is 0 Å². The molecule has 0 saturated heterocycles. The second-order valence-electron chi connectivity index (χ2n) is 5.07. The highest BCUT2D eigenvalue weighted by Crippen LogP contribution is 2.41. The van der Waals surface area contributed by atoms with Crippen LogP contribution in [-0.2, 0) is 0 Å². The summed E-state index contributed by atoms with van der Waals surface area (Å²) in [5, 5.41) is 0.236. The monoisotopic (exact) mass is 236 g/mol. The Balaban J connectivity index is 2.06. The summed E-state index contributed by atoms with van der Waals surface area (Å²) in [6.07, 6.45) is 5.17. The molecule has 0 heterocycles. The van der Waals surface area contributed by atoms with Crippen LogP contribution in [0.5, 0.6) is 0 Å². The molecule has 1 aliphatic rings. The molecule has 0 aliphatic heterocycles. The quantitative estimate of drug-likeness (QED) is 0.624. The van der Waals surface area contributed by atoms with Gasteiger partial charge in [-0.1, -0.05) is 44.5 Å². The molecule has 1 heteroatoms. The number of benzene rings is 1. The van der Waals surface area contributed by atoms with Crippen molar-refractivity contribution in [1.82, 2.24) is 0 Å². The van der Waals surface area contributed by atoms with E-state index < -0.39 is 0 Å². The van der Waals surface area contributed by atoms with Gasteiger partial charge in [0, 0.05) is 0 Å². The van der Waals surface area contributed by atoms with Crippen LogP contribution in [0.4, 0.5) is 0 Å². The van der Waals surface area contributed by atoms with Gasteiger partial charge in [0.25, 0.3) is 0 Å². The Labute approximate surface area is 104 Å². The van der Waals surface area contributed by atoms with Crippen molar-refractivity contribution >= 4 is 11.6 Å². The number of hydrogen-bond donors (Lipinski definition) is 0. The molecule has 0 spiro atoms. The molecule has 0 nitrogen and oxygen atoms in total. The lowest BCUT2D eigenvalue weighted by molar-refractivity contribution is 0.305. The Hall–Kier alpha value is -0.490. The van der Waals surface area contributed by atoms with Crippen LogP contribution in [0.15, 0.2) is 24.3 Å². The molecule has 1 fully saturated rings. The first-order valence-electron chi connectivity index (χ1n) is 6.46. The van der Waals surface area contributed by atoms with E-state index in [-0.39, 0.29) is 5.38 Å². The summed E-state index contributed by atoms with van der Waals surface area (Å²) >= 11 is 6.47. The smallest absolute Gasteiger partial charge is 0.0613 e. The Morgan fingerprint density at radius 1 is 1.19 bits per heavy atom. The second-order valence-corrected chi connectivity index (χ2v) is 5.54. The summed E-state index contributed by atoms with van der Waals surface area (Å²) in [7, 11) is 0. The van der Waals surface area contributed by atoms with Crippen molar-refractivity contribution in [3.8, 4) is 0 Å². The van der Waals surface area contributed by atoms with E-state index in [1.54, 1.807) is 0 Å². The third-order valence-electron chi connectivity index (χ3n) is 4.00. The third kappa shape index (κ3) is 2.43. The average Bonchev–Trinajstić information content (AvgIpc) is 2.26. The molecule has 0 aromatic heterocycles. The van der Waals surface area contributed by atoms with Gasteiger partial charge in [-0.2, -0.15) is 0 Å². The first kappa shape index (κ1) is 12.0. The molecule has 16 heavy (non-hydrogen) atoms. The summed E-state index contributed by atoms with van der Waals surface area (Å²) in [4.78, 5) is 0. The molecular formula is C15H21Cl. The van der Waals surface area contributed by atoms with Crippen LogP contribution in [0.3, 0.4) is 0 Å². The van der Waals surface area contributed by atoms with Crippen molar-refractivity contribution in [2.24, 2.45) is 5.92 Å². The molecular weight excluding hydrogens is 216 g/mol. The summed E-state index contributed by atoms with van der Waals surface area (Å²) in [6.45, 7) is 4.51. The predicted octanol–water partition coefficient (Wildman–Crippen LogP) is 5.28. The lowest BCUT2D eigenvalue weighted by Crippen LogP contribution is -2.16.